The van der Waals surface area contributed by atoms with Crippen LogP contribution in [0.15, 0.2) is 409 Å². The van der Waals surface area contributed by atoms with Crippen LogP contribution in [0, 0.1) is 0 Å². The van der Waals surface area contributed by atoms with Gasteiger partial charge in [0, 0.05) is 54.9 Å². The van der Waals surface area contributed by atoms with Crippen molar-refractivity contribution in [2.75, 3.05) is 0 Å². The van der Waals surface area contributed by atoms with Crippen LogP contribution in [0.4, 0.5) is 0 Å². The molecule has 0 radical (unpaired) electrons. The highest BCUT2D eigenvalue weighted by atomic mass is 16.3. The second-order valence-electron chi connectivity index (χ2n) is 28.7. The average molecular weight is 1430 g/mol. The molecule has 0 fully saturated rings. The van der Waals surface area contributed by atoms with E-state index in [9.17, 15) is 0 Å². The molecule has 112 heavy (non-hydrogen) atoms. The third-order valence-corrected chi connectivity index (χ3v) is 22.5. The second-order valence-corrected chi connectivity index (χ2v) is 28.7. The van der Waals surface area contributed by atoms with Crippen molar-refractivity contribution in [2.45, 2.75) is 10.8 Å². The molecule has 0 spiro atoms. The van der Waals surface area contributed by atoms with E-state index < -0.39 is 10.8 Å². The van der Waals surface area contributed by atoms with Crippen LogP contribution >= 0.6 is 0 Å². The van der Waals surface area contributed by atoms with Crippen molar-refractivity contribution in [1.29, 1.82) is 0 Å². The molecule has 0 amide bonds. The molecule has 4 aromatic heterocycles. The maximum atomic E-state index is 6.48. The Bertz CT molecular complexity index is 6770. The molecule has 2 aliphatic rings. The van der Waals surface area contributed by atoms with Crippen LogP contribution in [-0.2, 0) is 10.8 Å². The summed E-state index contributed by atoms with van der Waals surface area (Å²) in [5.41, 5.74) is 27.5. The summed E-state index contributed by atoms with van der Waals surface area (Å²) in [5, 5.41) is 4.52. The SMILES string of the molecule is c1ccc(-c2nc(-c3ccccc3)nc(-c3ccc(-c4ccc(C5(c6ccc7c(c6)oc6ccccc67)c6ccccc6-c6ccccc65)cc4)cc3)n2)cc1.c1ccc(-c2nc(-c3ccccc3)nc(-c3cccc(-c4ccc(C5(c6ccc7c(c6)oc6ccccc67)c6ccccc6-c6ccccc65)cc4)c3)n2)cc1. The van der Waals surface area contributed by atoms with Gasteiger partial charge in [-0.15, -0.1) is 0 Å². The van der Waals surface area contributed by atoms with Gasteiger partial charge >= 0.3 is 0 Å². The highest BCUT2D eigenvalue weighted by molar-refractivity contribution is 6.07. The lowest BCUT2D eigenvalue weighted by Gasteiger charge is -2.34. The first-order chi connectivity index (χ1) is 55.5. The molecule has 2 aliphatic carbocycles. The summed E-state index contributed by atoms with van der Waals surface area (Å²) in [7, 11) is 0. The van der Waals surface area contributed by atoms with E-state index in [4.69, 9.17) is 38.7 Å². The summed E-state index contributed by atoms with van der Waals surface area (Å²) >= 11 is 0. The van der Waals surface area contributed by atoms with Gasteiger partial charge in [-0.3, -0.25) is 0 Å². The lowest BCUT2D eigenvalue weighted by atomic mass is 9.67. The quantitative estimate of drug-likeness (QED) is 0.119. The van der Waals surface area contributed by atoms with Crippen LogP contribution < -0.4 is 0 Å². The summed E-state index contributed by atoms with van der Waals surface area (Å²) in [6, 6.07) is 141. The fourth-order valence-corrected chi connectivity index (χ4v) is 17.3. The van der Waals surface area contributed by atoms with E-state index in [1.54, 1.807) is 0 Å². The van der Waals surface area contributed by atoms with Gasteiger partial charge in [-0.2, -0.15) is 0 Å². The van der Waals surface area contributed by atoms with Gasteiger partial charge in [0.1, 0.15) is 22.3 Å². The molecule has 0 aliphatic heterocycles. The van der Waals surface area contributed by atoms with Gasteiger partial charge < -0.3 is 8.83 Å². The van der Waals surface area contributed by atoms with Crippen molar-refractivity contribution in [3.05, 3.63) is 445 Å². The van der Waals surface area contributed by atoms with Crippen LogP contribution in [-0.4, -0.2) is 29.9 Å². The number of aromatic nitrogens is 6. The number of para-hydroxylation sites is 2. The van der Waals surface area contributed by atoms with Gasteiger partial charge in [-0.25, -0.2) is 29.9 Å². The molecule has 0 bridgehead atoms. The molecule has 0 atom stereocenters. The molecule has 8 heteroatoms. The Balaban J connectivity index is 0.000000141. The average Bonchev–Trinajstić information content (AvgIpc) is 1.53. The zero-order valence-electron chi connectivity index (χ0n) is 60.6. The van der Waals surface area contributed by atoms with E-state index in [1.807, 2.05) is 146 Å². The Hall–Kier alpha value is -14.9. The largest absolute Gasteiger partial charge is 0.456 e. The highest BCUT2D eigenvalue weighted by Gasteiger charge is 2.48. The number of hydrogen-bond donors (Lipinski definition) is 0. The summed E-state index contributed by atoms with van der Waals surface area (Å²) < 4.78 is 13.0. The predicted octanol–water partition coefficient (Wildman–Crippen LogP) is 25.6. The van der Waals surface area contributed by atoms with Gasteiger partial charge in [-0.1, -0.05) is 370 Å². The third kappa shape index (κ3) is 11.0. The normalized spacial score (nSPS) is 12.8. The van der Waals surface area contributed by atoms with Crippen LogP contribution in [0.25, 0.3) is 157 Å². The molecule has 0 unspecified atom stereocenters. The monoisotopic (exact) mass is 1430 g/mol. The van der Waals surface area contributed by atoms with Gasteiger partial charge in [0.05, 0.1) is 10.8 Å². The van der Waals surface area contributed by atoms with Crippen molar-refractivity contribution in [1.82, 2.24) is 29.9 Å². The maximum absolute atomic E-state index is 6.48. The lowest BCUT2D eigenvalue weighted by molar-refractivity contribution is 0.665. The molecule has 16 aromatic carbocycles. The van der Waals surface area contributed by atoms with E-state index in [-0.39, 0.29) is 0 Å². The second kappa shape index (κ2) is 27.1. The minimum absolute atomic E-state index is 0.533. The molecular formula is C104H66N6O2. The minimum atomic E-state index is -0.548. The van der Waals surface area contributed by atoms with Crippen molar-refractivity contribution in [3.8, 4) is 113 Å². The number of hydrogen-bond acceptors (Lipinski definition) is 8. The van der Waals surface area contributed by atoms with Crippen LogP contribution in [0.2, 0.25) is 0 Å². The smallest absolute Gasteiger partial charge is 0.164 e. The Kier molecular flexibility index (Phi) is 15.8. The van der Waals surface area contributed by atoms with Crippen molar-refractivity contribution < 1.29 is 8.83 Å². The van der Waals surface area contributed by atoms with E-state index in [0.717, 1.165) is 99.5 Å². The first kappa shape index (κ1) is 65.4. The van der Waals surface area contributed by atoms with Crippen molar-refractivity contribution in [3.63, 3.8) is 0 Å². The Morgan fingerprint density at radius 2 is 0.411 bits per heavy atom. The molecule has 22 rings (SSSR count). The molecule has 524 valence electrons. The topological polar surface area (TPSA) is 104 Å². The summed E-state index contributed by atoms with van der Waals surface area (Å²) in [6.45, 7) is 0. The molecular weight excluding hydrogens is 1370 g/mol. The number of furan rings is 2. The first-order valence-corrected chi connectivity index (χ1v) is 37.9. The fraction of sp³-hybridized carbons (Fsp3) is 0.0192. The van der Waals surface area contributed by atoms with Gasteiger partial charge in [0.2, 0.25) is 0 Å². The van der Waals surface area contributed by atoms with Crippen molar-refractivity contribution in [2.24, 2.45) is 0 Å². The van der Waals surface area contributed by atoms with Gasteiger partial charge in [0.15, 0.2) is 34.9 Å². The Morgan fingerprint density at radius 1 is 0.161 bits per heavy atom. The zero-order valence-corrected chi connectivity index (χ0v) is 60.6. The Morgan fingerprint density at radius 3 is 0.777 bits per heavy atom. The minimum Gasteiger partial charge on any atom is -0.456 e. The molecule has 20 aromatic rings. The molecule has 0 saturated heterocycles. The van der Waals surface area contributed by atoms with Crippen LogP contribution in [0.5, 0.6) is 0 Å². The number of nitrogens with zero attached hydrogens (tertiary/aromatic N) is 6. The summed E-state index contributed by atoms with van der Waals surface area (Å²) in [4.78, 5) is 29.6. The number of rotatable bonds is 12. The molecule has 8 nitrogen and oxygen atoms in total. The van der Waals surface area contributed by atoms with Gasteiger partial charge in [0.25, 0.3) is 0 Å². The third-order valence-electron chi connectivity index (χ3n) is 22.5. The maximum Gasteiger partial charge on any atom is 0.164 e. The number of fused-ring (bicyclic) bond motifs is 12. The summed E-state index contributed by atoms with van der Waals surface area (Å²) in [5.74, 6) is 3.87. The zero-order chi connectivity index (χ0) is 74.1. The molecule has 4 heterocycles. The lowest BCUT2D eigenvalue weighted by Crippen LogP contribution is -2.28. The fourth-order valence-electron chi connectivity index (χ4n) is 17.3. The first-order valence-electron chi connectivity index (χ1n) is 37.9. The summed E-state index contributed by atoms with van der Waals surface area (Å²) in [6.07, 6.45) is 0. The van der Waals surface area contributed by atoms with E-state index in [0.29, 0.717) is 34.9 Å². The predicted molar refractivity (Wildman–Crippen MR) is 452 cm³/mol. The highest BCUT2D eigenvalue weighted by Crippen LogP contribution is 2.59. The van der Waals surface area contributed by atoms with E-state index in [1.165, 1.54) is 66.8 Å². The Labute approximate surface area is 647 Å². The number of benzene rings is 16. The molecule has 0 N–H and O–H groups in total. The molecule has 0 saturated carbocycles. The van der Waals surface area contributed by atoms with Crippen molar-refractivity contribution >= 4 is 43.9 Å². The van der Waals surface area contributed by atoms with Crippen LogP contribution in [0.1, 0.15) is 44.5 Å². The standard InChI is InChI=1S/2C52H33N3O/c1-3-14-35(15-4-1)49-53-50(36-16-5-2-6-17-36)55-51(54-49)38-19-13-18-37(32-38)34-26-28-39(29-27-34)52(45-23-10-7-20-41(45)42-21-8-11-24-46(42)52)40-30-31-44-43-22-9-12-25-47(43)56-48(44)33-40;1-3-13-36(14-4-1)49-53-50(37-15-5-2-6-16-37)55-51(54-49)38-25-23-34(24-26-38)35-27-29-39(30-28-35)52(45-20-10-7-17-41(45)42-18-8-11-21-46(42)52)40-31-32-44-43-19-9-12-22-47(43)56-48(44)33-40/h2*1-33H. The van der Waals surface area contributed by atoms with E-state index in [2.05, 4.69) is 255 Å². The van der Waals surface area contributed by atoms with Gasteiger partial charge in [-0.05, 0) is 119 Å². The van der Waals surface area contributed by atoms with Crippen LogP contribution in [0.3, 0.4) is 0 Å². The van der Waals surface area contributed by atoms with E-state index >= 15 is 0 Å².